The van der Waals surface area contributed by atoms with Gasteiger partial charge in [0.1, 0.15) is 0 Å². The number of hydrogen-bond acceptors (Lipinski definition) is 3. The lowest BCUT2D eigenvalue weighted by Crippen LogP contribution is -2.65. The van der Waals surface area contributed by atoms with Gasteiger partial charge in [-0.05, 0) is 109 Å². The third kappa shape index (κ3) is 3.27. The van der Waals surface area contributed by atoms with Crippen LogP contribution in [0.3, 0.4) is 0 Å². The maximum absolute atomic E-state index is 13.1. The second-order valence-corrected chi connectivity index (χ2v) is 15.4. The molecular weight excluding hydrogens is 432 g/mol. The molecule has 1 unspecified atom stereocenters. The van der Waals surface area contributed by atoms with E-state index in [0.29, 0.717) is 40.0 Å². The molecule has 4 heteroatoms. The Morgan fingerprint density at radius 2 is 1.63 bits per heavy atom. The van der Waals surface area contributed by atoms with Crippen LogP contribution in [-0.4, -0.2) is 19.1 Å². The molecule has 4 fully saturated rings. The van der Waals surface area contributed by atoms with Crippen LogP contribution in [0.1, 0.15) is 113 Å². The summed E-state index contributed by atoms with van der Waals surface area (Å²) in [5, 5.41) is 0. The van der Waals surface area contributed by atoms with Crippen LogP contribution in [0, 0.1) is 50.2 Å². The summed E-state index contributed by atoms with van der Waals surface area (Å²) in [5.41, 5.74) is 12.1. The van der Waals surface area contributed by atoms with Crippen molar-refractivity contribution in [3.05, 3.63) is 11.6 Å². The summed E-state index contributed by atoms with van der Waals surface area (Å²) >= 11 is 0. The predicted octanol–water partition coefficient (Wildman–Crippen LogP) is 6.79. The van der Waals surface area contributed by atoms with E-state index in [1.807, 2.05) is 0 Å². The van der Waals surface area contributed by atoms with Crippen LogP contribution in [0.25, 0.3) is 0 Å². The number of nitrogens with one attached hydrogen (secondary N) is 1. The third-order valence-corrected chi connectivity index (χ3v) is 13.7. The first-order valence-electron chi connectivity index (χ1n) is 14.5. The Hall–Kier alpha value is -0.870. The summed E-state index contributed by atoms with van der Waals surface area (Å²) in [5.74, 6) is 1.97. The maximum Gasteiger partial charge on any atom is 0.249 e. The molecular formula is C31H52N2O2. The minimum absolute atomic E-state index is 0.0589. The second kappa shape index (κ2) is 7.82. The number of carbonyl (C=O) groups is 1. The Bertz CT molecular complexity index is 927. The predicted molar refractivity (Wildman–Crippen MR) is 142 cm³/mol. The van der Waals surface area contributed by atoms with E-state index in [-0.39, 0.29) is 22.2 Å². The second-order valence-electron chi connectivity index (χ2n) is 15.4. The van der Waals surface area contributed by atoms with Gasteiger partial charge in [0.2, 0.25) is 5.91 Å². The molecule has 5 aliphatic carbocycles. The van der Waals surface area contributed by atoms with E-state index in [1.54, 1.807) is 12.7 Å². The Balaban J connectivity index is 1.54. The molecule has 4 nitrogen and oxygen atoms in total. The summed E-state index contributed by atoms with van der Waals surface area (Å²) in [6.45, 7) is 17.5. The zero-order valence-electron chi connectivity index (χ0n) is 23.9. The van der Waals surface area contributed by atoms with Gasteiger partial charge in [-0.15, -0.1) is 0 Å². The monoisotopic (exact) mass is 484 g/mol. The summed E-state index contributed by atoms with van der Waals surface area (Å²) < 4.78 is 0. The minimum Gasteiger partial charge on any atom is -0.327 e. The highest BCUT2D eigenvalue weighted by Gasteiger charge is 2.68. The van der Waals surface area contributed by atoms with Crippen molar-refractivity contribution in [1.29, 1.82) is 0 Å². The number of hydrogen-bond donors (Lipinski definition) is 2. The molecule has 9 atom stereocenters. The lowest BCUT2D eigenvalue weighted by molar-refractivity contribution is -0.184. The van der Waals surface area contributed by atoms with Crippen LogP contribution in [0.5, 0.6) is 0 Å². The van der Waals surface area contributed by atoms with Crippen LogP contribution in [-0.2, 0) is 9.63 Å². The van der Waals surface area contributed by atoms with Crippen LogP contribution in [0.15, 0.2) is 11.6 Å². The van der Waals surface area contributed by atoms with E-state index in [9.17, 15) is 4.79 Å². The molecule has 0 radical (unpaired) electrons. The molecule has 0 aromatic rings. The molecule has 35 heavy (non-hydrogen) atoms. The summed E-state index contributed by atoms with van der Waals surface area (Å²) in [6.07, 6.45) is 14.6. The van der Waals surface area contributed by atoms with Crippen LogP contribution in [0.4, 0.5) is 0 Å². The van der Waals surface area contributed by atoms with Gasteiger partial charge in [0.15, 0.2) is 0 Å². The number of carbonyl (C=O) groups excluding carboxylic acids is 1. The fourth-order valence-electron chi connectivity index (χ4n) is 10.8. The minimum atomic E-state index is -0.357. The van der Waals surface area contributed by atoms with Gasteiger partial charge in [0.05, 0.1) is 7.11 Å². The SMILES string of the molecule is CONC(=O)[C@@]1(C)CC[C@]2(C)CC[C@]3(C)C(=CC[C@@H]4[C@@]5(C)CC[C@H](N)C(C)(C)C5CC[C@]43C)[C@@H]2C1. The fourth-order valence-corrected chi connectivity index (χ4v) is 10.8. The van der Waals surface area contributed by atoms with E-state index < -0.39 is 0 Å². The molecule has 1 amide bonds. The van der Waals surface area contributed by atoms with Gasteiger partial charge in [0.25, 0.3) is 0 Å². The first-order valence-corrected chi connectivity index (χ1v) is 14.5. The molecule has 3 N–H and O–H groups in total. The molecule has 0 aromatic heterocycles. The Kier molecular flexibility index (Phi) is 5.76. The molecule has 0 saturated heterocycles. The number of hydroxylamine groups is 1. The van der Waals surface area contributed by atoms with Crippen LogP contribution in [0.2, 0.25) is 0 Å². The normalized spacial score (nSPS) is 52.8. The van der Waals surface area contributed by atoms with Gasteiger partial charge in [-0.1, -0.05) is 60.1 Å². The molecule has 5 aliphatic rings. The smallest absolute Gasteiger partial charge is 0.249 e. The number of nitrogens with two attached hydrogens (primary N) is 1. The van der Waals surface area contributed by atoms with Gasteiger partial charge >= 0.3 is 0 Å². The van der Waals surface area contributed by atoms with Crippen molar-refractivity contribution in [1.82, 2.24) is 5.48 Å². The highest BCUT2D eigenvalue weighted by atomic mass is 16.6. The molecule has 0 bridgehead atoms. The van der Waals surface area contributed by atoms with Crippen LogP contribution >= 0.6 is 0 Å². The highest BCUT2D eigenvalue weighted by Crippen LogP contribution is 2.75. The average molecular weight is 485 g/mol. The highest BCUT2D eigenvalue weighted by molar-refractivity contribution is 5.81. The molecule has 4 saturated carbocycles. The Morgan fingerprint density at radius 1 is 0.943 bits per heavy atom. The summed E-state index contributed by atoms with van der Waals surface area (Å²) in [7, 11) is 1.55. The van der Waals surface area contributed by atoms with E-state index in [0.717, 1.165) is 25.7 Å². The number of allylic oxidation sites excluding steroid dienone is 2. The molecule has 198 valence electrons. The van der Waals surface area contributed by atoms with Gasteiger partial charge in [0, 0.05) is 11.5 Å². The van der Waals surface area contributed by atoms with Crippen molar-refractivity contribution in [2.45, 2.75) is 119 Å². The zero-order chi connectivity index (χ0) is 25.7. The zero-order valence-corrected chi connectivity index (χ0v) is 23.9. The molecule has 0 aliphatic heterocycles. The molecule has 0 heterocycles. The first kappa shape index (κ1) is 25.8. The first-order chi connectivity index (χ1) is 16.2. The molecule has 0 spiro atoms. The van der Waals surface area contributed by atoms with Crippen LogP contribution < -0.4 is 11.2 Å². The standard InChI is InChI=1S/C31H52N2O2/c1-26(2)22-11-14-31(7)23(29(22,5)13-12-24(26)32)10-9-20-21-19-28(4,25(34)33-35-8)16-15-27(21,3)17-18-30(20,31)6/h9,21-24H,10-19,32H2,1-8H3,(H,33,34)/t21-,22?,23+,24-,27+,28-,29-,30+,31+/m0/s1. The number of fused-ring (bicyclic) bond motifs is 7. The average Bonchev–Trinajstić information content (AvgIpc) is 2.78. The van der Waals surface area contributed by atoms with Crippen molar-refractivity contribution < 1.29 is 9.63 Å². The quantitative estimate of drug-likeness (QED) is 0.335. The number of rotatable bonds is 2. The Morgan fingerprint density at radius 3 is 2.31 bits per heavy atom. The molecule has 5 rings (SSSR count). The largest absolute Gasteiger partial charge is 0.327 e. The lowest BCUT2D eigenvalue weighted by atomic mass is 9.33. The van der Waals surface area contributed by atoms with Gasteiger partial charge in [-0.25, -0.2) is 5.48 Å². The topological polar surface area (TPSA) is 64.3 Å². The van der Waals surface area contributed by atoms with Gasteiger partial charge < -0.3 is 5.73 Å². The molecule has 0 aromatic carbocycles. The maximum atomic E-state index is 13.1. The van der Waals surface area contributed by atoms with E-state index in [1.165, 1.54) is 38.5 Å². The number of amides is 1. The van der Waals surface area contributed by atoms with E-state index in [2.05, 4.69) is 60.0 Å². The van der Waals surface area contributed by atoms with Crippen molar-refractivity contribution in [2.75, 3.05) is 7.11 Å². The van der Waals surface area contributed by atoms with Crippen molar-refractivity contribution >= 4 is 5.91 Å². The summed E-state index contributed by atoms with van der Waals surface area (Å²) in [4.78, 5) is 18.1. The van der Waals surface area contributed by atoms with Crippen molar-refractivity contribution in [3.8, 4) is 0 Å². The fraction of sp³-hybridized carbons (Fsp3) is 0.903. The van der Waals surface area contributed by atoms with Gasteiger partial charge in [-0.3, -0.25) is 9.63 Å². The third-order valence-electron chi connectivity index (χ3n) is 13.7. The Labute approximate surface area is 214 Å². The van der Waals surface area contributed by atoms with Gasteiger partial charge in [-0.2, -0.15) is 0 Å². The van der Waals surface area contributed by atoms with Crippen molar-refractivity contribution in [3.63, 3.8) is 0 Å². The van der Waals surface area contributed by atoms with E-state index >= 15 is 0 Å². The van der Waals surface area contributed by atoms with E-state index in [4.69, 9.17) is 10.6 Å². The summed E-state index contributed by atoms with van der Waals surface area (Å²) in [6, 6.07) is 0.323. The van der Waals surface area contributed by atoms with Crippen molar-refractivity contribution in [2.24, 2.45) is 56.0 Å². The lowest BCUT2D eigenvalue weighted by Gasteiger charge is -2.71.